The molecule has 0 N–H and O–H groups in total. The molecule has 0 aliphatic carbocycles. The molecule has 0 saturated carbocycles. The predicted molar refractivity (Wildman–Crippen MR) is 97.4 cm³/mol. The van der Waals surface area contributed by atoms with E-state index in [0.29, 0.717) is 33.9 Å². The lowest BCUT2D eigenvalue weighted by molar-refractivity contribution is -0.121. The van der Waals surface area contributed by atoms with Crippen molar-refractivity contribution in [3.63, 3.8) is 0 Å². The van der Waals surface area contributed by atoms with Gasteiger partial charge in [0.15, 0.2) is 11.5 Å². The summed E-state index contributed by atoms with van der Waals surface area (Å²) in [6.07, 6.45) is 1.82. The van der Waals surface area contributed by atoms with E-state index >= 15 is 0 Å². The fourth-order valence-corrected chi connectivity index (χ4v) is 4.06. The van der Waals surface area contributed by atoms with Gasteiger partial charge < -0.3 is 9.47 Å². The molecule has 0 radical (unpaired) electrons. The molecule has 1 fully saturated rings. The molecule has 1 aliphatic heterocycles. The lowest BCUT2D eigenvalue weighted by Crippen LogP contribution is -2.27. The summed E-state index contributed by atoms with van der Waals surface area (Å²) in [5, 5.41) is 0. The number of benzene rings is 1. The first kappa shape index (κ1) is 17.3. The Labute approximate surface area is 148 Å². The molecule has 1 aromatic carbocycles. The molecule has 1 amide bonds. The maximum Gasteiger partial charge on any atom is 0.266 e. The number of nitrogens with zero attached hydrogens (tertiary/aromatic N) is 1. The SMILES string of the molecule is CCOc1cc(C=C2SC(=S)N(CC)C2=O)cc(Br)c1OC. The highest BCUT2D eigenvalue weighted by molar-refractivity contribution is 9.10. The van der Waals surface area contributed by atoms with E-state index in [1.807, 2.05) is 32.1 Å². The van der Waals surface area contributed by atoms with Crippen molar-refractivity contribution >= 4 is 56.2 Å². The van der Waals surface area contributed by atoms with E-state index in [-0.39, 0.29) is 5.91 Å². The maximum atomic E-state index is 12.3. The number of ether oxygens (including phenoxy) is 2. The van der Waals surface area contributed by atoms with Crippen molar-refractivity contribution in [1.29, 1.82) is 0 Å². The Balaban J connectivity index is 2.40. The highest BCUT2D eigenvalue weighted by atomic mass is 79.9. The summed E-state index contributed by atoms with van der Waals surface area (Å²) >= 11 is 10.0. The van der Waals surface area contributed by atoms with Crippen molar-refractivity contribution in [2.75, 3.05) is 20.3 Å². The van der Waals surface area contributed by atoms with Gasteiger partial charge in [0.25, 0.3) is 5.91 Å². The minimum Gasteiger partial charge on any atom is -0.492 e. The number of thiocarbonyl (C=S) groups is 1. The molecule has 0 spiro atoms. The van der Waals surface area contributed by atoms with Gasteiger partial charge in [0.2, 0.25) is 0 Å². The van der Waals surface area contributed by atoms with Gasteiger partial charge in [-0.1, -0.05) is 24.0 Å². The van der Waals surface area contributed by atoms with Crippen molar-refractivity contribution in [3.8, 4) is 11.5 Å². The van der Waals surface area contributed by atoms with Crippen LogP contribution in [-0.2, 0) is 4.79 Å². The van der Waals surface area contributed by atoms with Crippen LogP contribution < -0.4 is 9.47 Å². The third kappa shape index (κ3) is 3.47. The van der Waals surface area contributed by atoms with Crippen LogP contribution in [-0.4, -0.2) is 35.4 Å². The fourth-order valence-electron chi connectivity index (χ4n) is 2.06. The molecule has 4 nitrogen and oxygen atoms in total. The van der Waals surface area contributed by atoms with Crippen LogP contribution in [0.1, 0.15) is 19.4 Å². The van der Waals surface area contributed by atoms with E-state index in [0.717, 1.165) is 10.0 Å². The van der Waals surface area contributed by atoms with E-state index in [1.165, 1.54) is 11.8 Å². The Hall–Kier alpha value is -1.05. The summed E-state index contributed by atoms with van der Waals surface area (Å²) < 4.78 is 12.3. The molecule has 1 saturated heterocycles. The highest BCUT2D eigenvalue weighted by Crippen LogP contribution is 2.39. The standard InChI is InChI=1S/C15H16BrNO3S2/c1-4-17-14(18)12(22-15(17)21)8-9-6-10(16)13(19-3)11(7-9)20-5-2/h6-8H,4-5H2,1-3H3. The Kier molecular flexibility index (Phi) is 5.88. The van der Waals surface area contributed by atoms with Crippen LogP contribution in [0.25, 0.3) is 6.08 Å². The first-order chi connectivity index (χ1) is 10.5. The fraction of sp³-hybridized carbons (Fsp3) is 0.333. The number of hydrogen-bond acceptors (Lipinski definition) is 5. The molecule has 2 rings (SSSR count). The molecule has 1 aliphatic rings. The lowest BCUT2D eigenvalue weighted by atomic mass is 10.2. The Bertz CT molecular complexity index is 646. The molecule has 0 atom stereocenters. The molecule has 1 aromatic rings. The Morgan fingerprint density at radius 3 is 2.68 bits per heavy atom. The zero-order valence-electron chi connectivity index (χ0n) is 12.5. The van der Waals surface area contributed by atoms with Crippen molar-refractivity contribution in [2.45, 2.75) is 13.8 Å². The van der Waals surface area contributed by atoms with Crippen LogP contribution in [0.5, 0.6) is 11.5 Å². The van der Waals surface area contributed by atoms with E-state index in [1.54, 1.807) is 12.0 Å². The third-order valence-electron chi connectivity index (χ3n) is 3.02. The lowest BCUT2D eigenvalue weighted by Gasteiger charge is -2.12. The van der Waals surface area contributed by atoms with Crippen LogP contribution in [0.4, 0.5) is 0 Å². The van der Waals surface area contributed by atoms with Crippen molar-refractivity contribution in [2.24, 2.45) is 0 Å². The summed E-state index contributed by atoms with van der Waals surface area (Å²) in [6, 6.07) is 3.74. The van der Waals surface area contributed by atoms with Gasteiger partial charge in [-0.2, -0.15) is 0 Å². The number of halogens is 1. The number of amides is 1. The molecule has 118 valence electrons. The highest BCUT2D eigenvalue weighted by Gasteiger charge is 2.30. The van der Waals surface area contributed by atoms with Gasteiger partial charge in [0.1, 0.15) is 4.32 Å². The molecular weight excluding hydrogens is 386 g/mol. The quantitative estimate of drug-likeness (QED) is 0.548. The summed E-state index contributed by atoms with van der Waals surface area (Å²) in [4.78, 5) is 14.5. The van der Waals surface area contributed by atoms with E-state index < -0.39 is 0 Å². The largest absolute Gasteiger partial charge is 0.492 e. The maximum absolute atomic E-state index is 12.3. The van der Waals surface area contributed by atoms with Gasteiger partial charge in [-0.15, -0.1) is 0 Å². The summed E-state index contributed by atoms with van der Waals surface area (Å²) in [5.41, 5.74) is 0.854. The van der Waals surface area contributed by atoms with E-state index in [9.17, 15) is 4.79 Å². The van der Waals surface area contributed by atoms with Gasteiger partial charge in [-0.05, 0) is 53.5 Å². The van der Waals surface area contributed by atoms with Crippen molar-refractivity contribution < 1.29 is 14.3 Å². The second-order valence-electron chi connectivity index (χ2n) is 4.39. The number of carbonyl (C=O) groups excluding carboxylic acids is 1. The summed E-state index contributed by atoms with van der Waals surface area (Å²) in [5.74, 6) is 1.22. The molecule has 1 heterocycles. The molecule has 22 heavy (non-hydrogen) atoms. The van der Waals surface area contributed by atoms with E-state index in [2.05, 4.69) is 15.9 Å². The number of hydrogen-bond donors (Lipinski definition) is 0. The number of rotatable bonds is 5. The van der Waals surface area contributed by atoms with Crippen LogP contribution >= 0.6 is 39.9 Å². The second kappa shape index (κ2) is 7.48. The van der Waals surface area contributed by atoms with Crippen LogP contribution in [0.3, 0.4) is 0 Å². The average molecular weight is 402 g/mol. The third-order valence-corrected chi connectivity index (χ3v) is 4.99. The summed E-state index contributed by atoms with van der Waals surface area (Å²) in [7, 11) is 1.59. The average Bonchev–Trinajstić information content (AvgIpc) is 2.73. The van der Waals surface area contributed by atoms with Gasteiger partial charge in [0, 0.05) is 6.54 Å². The van der Waals surface area contributed by atoms with Gasteiger partial charge in [-0.25, -0.2) is 0 Å². The first-order valence-electron chi connectivity index (χ1n) is 6.77. The number of carbonyl (C=O) groups is 1. The minimum atomic E-state index is -0.0533. The molecular formula is C15H16BrNO3S2. The number of likely N-dealkylation sites (N-methyl/N-ethyl adjacent to an activating group) is 1. The summed E-state index contributed by atoms with van der Waals surface area (Å²) in [6.45, 7) is 4.93. The predicted octanol–water partition coefficient (Wildman–Crippen LogP) is 4.08. The van der Waals surface area contributed by atoms with Gasteiger partial charge >= 0.3 is 0 Å². The van der Waals surface area contributed by atoms with Crippen LogP contribution in [0, 0.1) is 0 Å². The van der Waals surface area contributed by atoms with E-state index in [4.69, 9.17) is 21.7 Å². The van der Waals surface area contributed by atoms with Gasteiger partial charge in [-0.3, -0.25) is 9.69 Å². The number of methoxy groups -OCH3 is 1. The van der Waals surface area contributed by atoms with Crippen molar-refractivity contribution in [1.82, 2.24) is 4.90 Å². The Morgan fingerprint density at radius 1 is 1.41 bits per heavy atom. The molecule has 0 bridgehead atoms. The monoisotopic (exact) mass is 401 g/mol. The topological polar surface area (TPSA) is 38.8 Å². The molecule has 0 unspecified atom stereocenters. The Morgan fingerprint density at radius 2 is 2.14 bits per heavy atom. The zero-order chi connectivity index (χ0) is 16.3. The molecule has 7 heteroatoms. The zero-order valence-corrected chi connectivity index (χ0v) is 15.7. The second-order valence-corrected chi connectivity index (χ2v) is 6.92. The van der Waals surface area contributed by atoms with Crippen LogP contribution in [0.2, 0.25) is 0 Å². The first-order valence-corrected chi connectivity index (χ1v) is 8.79. The van der Waals surface area contributed by atoms with Crippen LogP contribution in [0.15, 0.2) is 21.5 Å². The number of thioether (sulfide) groups is 1. The minimum absolute atomic E-state index is 0.0533. The molecule has 0 aromatic heterocycles. The normalized spacial score (nSPS) is 16.5. The smallest absolute Gasteiger partial charge is 0.266 e. The van der Waals surface area contributed by atoms with Gasteiger partial charge in [0.05, 0.1) is 23.1 Å². The van der Waals surface area contributed by atoms with Crippen molar-refractivity contribution in [3.05, 3.63) is 27.1 Å².